The summed E-state index contributed by atoms with van der Waals surface area (Å²) >= 11 is 0. The molecule has 0 spiro atoms. The summed E-state index contributed by atoms with van der Waals surface area (Å²) in [6.07, 6.45) is 2.55. The van der Waals surface area contributed by atoms with Crippen molar-refractivity contribution in [2.45, 2.75) is 83.5 Å². The molecule has 0 aliphatic rings. The number of hydrogen-bond acceptors (Lipinski definition) is 7. The quantitative estimate of drug-likeness (QED) is 0.0649. The van der Waals surface area contributed by atoms with E-state index in [1.807, 2.05) is 6.92 Å². The molecule has 0 saturated heterocycles. The Morgan fingerprint density at radius 1 is 0.882 bits per heavy atom. The maximum atomic E-state index is 13.0. The Morgan fingerprint density at radius 2 is 1.41 bits per heavy atom. The lowest BCUT2D eigenvalue weighted by Crippen LogP contribution is -2.57. The average Bonchev–Trinajstić information content (AvgIpc) is 2.77. The maximum Gasteiger partial charge on any atom is 0.326 e. The second-order valence-electron chi connectivity index (χ2n) is 8.35. The highest BCUT2D eigenvalue weighted by Gasteiger charge is 2.31. The number of nitrogens with one attached hydrogen (secondary N) is 3. The van der Waals surface area contributed by atoms with Crippen LogP contribution in [0, 0.1) is 5.92 Å². The van der Waals surface area contributed by atoms with Crippen molar-refractivity contribution >= 4 is 29.7 Å². The predicted molar refractivity (Wildman–Crippen MR) is 129 cm³/mol. The topological polar surface area (TPSA) is 241 Å². The summed E-state index contributed by atoms with van der Waals surface area (Å²) in [6, 6.07) is -3.93. The molecule has 0 saturated carbocycles. The van der Waals surface area contributed by atoms with E-state index in [4.69, 9.17) is 22.9 Å². The van der Waals surface area contributed by atoms with Gasteiger partial charge in [0.2, 0.25) is 17.7 Å². The normalized spacial score (nSPS) is 15.2. The van der Waals surface area contributed by atoms with Crippen molar-refractivity contribution in [3.8, 4) is 0 Å². The van der Waals surface area contributed by atoms with Gasteiger partial charge in [-0.3, -0.25) is 19.4 Å². The first-order valence-corrected chi connectivity index (χ1v) is 11.6. The van der Waals surface area contributed by atoms with Crippen LogP contribution in [0.25, 0.3) is 0 Å². The minimum absolute atomic E-state index is 0.105. The van der Waals surface area contributed by atoms with Gasteiger partial charge < -0.3 is 44.0 Å². The molecule has 34 heavy (non-hydrogen) atoms. The molecule has 0 aromatic rings. The van der Waals surface area contributed by atoms with Gasteiger partial charge >= 0.3 is 5.97 Å². The first-order valence-electron chi connectivity index (χ1n) is 11.6. The summed E-state index contributed by atoms with van der Waals surface area (Å²) in [4.78, 5) is 53.5. The van der Waals surface area contributed by atoms with Gasteiger partial charge in [-0.1, -0.05) is 20.3 Å². The number of aliphatic carboxylic acids is 1. The van der Waals surface area contributed by atoms with Gasteiger partial charge in [-0.2, -0.15) is 0 Å². The van der Waals surface area contributed by atoms with Crippen LogP contribution in [0.15, 0.2) is 4.99 Å². The molecule has 12 N–H and O–H groups in total. The van der Waals surface area contributed by atoms with Crippen molar-refractivity contribution in [3.05, 3.63) is 0 Å². The lowest BCUT2D eigenvalue weighted by molar-refractivity contribution is -0.144. The molecule has 5 atom stereocenters. The van der Waals surface area contributed by atoms with Crippen LogP contribution in [-0.2, 0) is 19.2 Å². The molecule has 3 amide bonds. The fraction of sp³-hybridized carbons (Fsp3) is 0.762. The molecule has 0 aliphatic heterocycles. The van der Waals surface area contributed by atoms with E-state index < -0.39 is 47.9 Å². The zero-order valence-corrected chi connectivity index (χ0v) is 20.4. The van der Waals surface area contributed by atoms with Gasteiger partial charge in [-0.15, -0.1) is 0 Å². The smallest absolute Gasteiger partial charge is 0.326 e. The van der Waals surface area contributed by atoms with Crippen LogP contribution < -0.4 is 38.9 Å². The standard InChI is InChI=1S/C21H42N8O5/c1-4-12(2)16(20(33)34)29-19(32)15(9-7-11-26-21(24)25)28-18(31)14(8-5-6-10-22)27-17(30)13(3)23/h12-16H,4-11,22-23H2,1-3H3,(H,27,30)(H,28,31)(H,29,32)(H,33,34)(H4,24,25,26). The monoisotopic (exact) mass is 486 g/mol. The SMILES string of the molecule is CCC(C)C(NC(=O)C(CCCN=C(N)N)NC(=O)C(CCCCN)NC(=O)C(C)N)C(=O)O. The molecule has 5 unspecified atom stereocenters. The van der Waals surface area contributed by atoms with E-state index >= 15 is 0 Å². The van der Waals surface area contributed by atoms with E-state index in [-0.39, 0.29) is 24.8 Å². The number of guanidine groups is 1. The van der Waals surface area contributed by atoms with Crippen LogP contribution in [0.3, 0.4) is 0 Å². The minimum atomic E-state index is -1.17. The third kappa shape index (κ3) is 12.3. The van der Waals surface area contributed by atoms with Gasteiger partial charge in [0.25, 0.3) is 0 Å². The summed E-state index contributed by atoms with van der Waals surface area (Å²) in [6.45, 7) is 5.66. The second-order valence-corrected chi connectivity index (χ2v) is 8.35. The van der Waals surface area contributed by atoms with E-state index in [1.165, 1.54) is 6.92 Å². The fourth-order valence-electron chi connectivity index (χ4n) is 3.05. The van der Waals surface area contributed by atoms with Crippen LogP contribution in [0.2, 0.25) is 0 Å². The molecule has 0 aromatic carbocycles. The molecule has 0 rings (SSSR count). The number of unbranched alkanes of at least 4 members (excludes halogenated alkanes) is 1. The highest BCUT2D eigenvalue weighted by molar-refractivity contribution is 5.94. The Labute approximate surface area is 200 Å². The molecule has 13 nitrogen and oxygen atoms in total. The zero-order valence-electron chi connectivity index (χ0n) is 20.4. The lowest BCUT2D eigenvalue weighted by atomic mass is 9.98. The third-order valence-electron chi connectivity index (χ3n) is 5.35. The van der Waals surface area contributed by atoms with Crippen molar-refractivity contribution in [3.63, 3.8) is 0 Å². The number of carbonyl (C=O) groups is 4. The van der Waals surface area contributed by atoms with Crippen molar-refractivity contribution in [2.75, 3.05) is 13.1 Å². The molecule has 0 aromatic heterocycles. The lowest BCUT2D eigenvalue weighted by Gasteiger charge is -2.26. The Kier molecular flexibility index (Phi) is 15.2. The molecule has 0 heterocycles. The van der Waals surface area contributed by atoms with Gasteiger partial charge in [-0.25, -0.2) is 4.79 Å². The number of nitrogens with zero attached hydrogens (tertiary/aromatic N) is 1. The van der Waals surface area contributed by atoms with Gasteiger partial charge in [-0.05, 0) is 51.5 Å². The summed E-state index contributed by atoms with van der Waals surface area (Å²) in [5.74, 6) is -3.34. The molecule has 0 aliphatic carbocycles. The molecule has 0 fully saturated rings. The number of amides is 3. The van der Waals surface area contributed by atoms with Gasteiger partial charge in [0.05, 0.1) is 6.04 Å². The highest BCUT2D eigenvalue weighted by atomic mass is 16.4. The summed E-state index contributed by atoms with van der Waals surface area (Å²) in [5, 5.41) is 17.2. The summed E-state index contributed by atoms with van der Waals surface area (Å²) in [5.41, 5.74) is 21.8. The molecule has 0 radical (unpaired) electrons. The summed E-state index contributed by atoms with van der Waals surface area (Å²) < 4.78 is 0. The summed E-state index contributed by atoms with van der Waals surface area (Å²) in [7, 11) is 0. The Hall–Kier alpha value is -2.93. The zero-order chi connectivity index (χ0) is 26.3. The number of carboxylic acid groups (broad SMARTS) is 1. The Morgan fingerprint density at radius 3 is 1.88 bits per heavy atom. The first kappa shape index (κ1) is 31.1. The predicted octanol–water partition coefficient (Wildman–Crippen LogP) is -1.90. The van der Waals surface area contributed by atoms with Crippen LogP contribution in [-0.4, -0.2) is 72.0 Å². The fourth-order valence-corrected chi connectivity index (χ4v) is 3.05. The van der Waals surface area contributed by atoms with Crippen LogP contribution in [0.5, 0.6) is 0 Å². The van der Waals surface area contributed by atoms with Crippen LogP contribution >= 0.6 is 0 Å². The van der Waals surface area contributed by atoms with Crippen LogP contribution in [0.4, 0.5) is 0 Å². The molecule has 13 heteroatoms. The third-order valence-corrected chi connectivity index (χ3v) is 5.35. The molecule has 196 valence electrons. The van der Waals surface area contributed by atoms with E-state index in [1.54, 1.807) is 6.92 Å². The van der Waals surface area contributed by atoms with Gasteiger partial charge in [0.15, 0.2) is 5.96 Å². The maximum absolute atomic E-state index is 13.0. The highest BCUT2D eigenvalue weighted by Crippen LogP contribution is 2.10. The van der Waals surface area contributed by atoms with E-state index in [0.717, 1.165) is 0 Å². The largest absolute Gasteiger partial charge is 0.480 e. The van der Waals surface area contributed by atoms with Crippen LogP contribution in [0.1, 0.15) is 59.3 Å². The number of carboxylic acids is 1. The van der Waals surface area contributed by atoms with E-state index in [9.17, 15) is 24.3 Å². The number of aliphatic imine (C=N–C) groups is 1. The van der Waals surface area contributed by atoms with E-state index in [2.05, 4.69) is 20.9 Å². The molecular weight excluding hydrogens is 444 g/mol. The number of carbonyl (C=O) groups excluding carboxylic acids is 3. The Bertz CT molecular complexity index is 697. The average molecular weight is 487 g/mol. The molecular formula is C21H42N8O5. The van der Waals surface area contributed by atoms with Crippen molar-refractivity contribution in [1.82, 2.24) is 16.0 Å². The minimum Gasteiger partial charge on any atom is -0.480 e. The van der Waals surface area contributed by atoms with Crippen molar-refractivity contribution in [2.24, 2.45) is 33.8 Å². The van der Waals surface area contributed by atoms with Crippen molar-refractivity contribution < 1.29 is 24.3 Å². The molecule has 0 bridgehead atoms. The number of nitrogens with two attached hydrogens (primary N) is 4. The second kappa shape index (κ2) is 16.6. The van der Waals surface area contributed by atoms with E-state index in [0.29, 0.717) is 38.6 Å². The van der Waals surface area contributed by atoms with Crippen molar-refractivity contribution in [1.29, 1.82) is 0 Å². The van der Waals surface area contributed by atoms with Gasteiger partial charge in [0.1, 0.15) is 18.1 Å². The number of hydrogen-bond donors (Lipinski definition) is 8. The Balaban J connectivity index is 5.58. The van der Waals surface area contributed by atoms with Gasteiger partial charge in [0, 0.05) is 6.54 Å². The first-order chi connectivity index (χ1) is 15.9. The number of rotatable bonds is 17.